The highest BCUT2D eigenvalue weighted by molar-refractivity contribution is 7.17. The number of nitrogens with zero attached hydrogens (tertiary/aromatic N) is 2. The van der Waals surface area contributed by atoms with Crippen molar-refractivity contribution in [2.24, 2.45) is 0 Å². The van der Waals surface area contributed by atoms with E-state index in [0.29, 0.717) is 6.54 Å². The van der Waals surface area contributed by atoms with E-state index in [-0.39, 0.29) is 5.56 Å². The first-order valence-electron chi connectivity index (χ1n) is 6.21. The standard InChI is InChI=1S/C14H14N2O2S/c1-3-12-9(2)11(15-18-12)8-16-6-4-13-10(14(16)17)5-7-19-13/h4-7H,3,8H2,1-2H3. The lowest BCUT2D eigenvalue weighted by Crippen LogP contribution is -2.19. The van der Waals surface area contributed by atoms with Crippen molar-refractivity contribution in [3.8, 4) is 0 Å². The second-order valence-corrected chi connectivity index (χ2v) is 5.43. The van der Waals surface area contributed by atoms with Crippen molar-refractivity contribution in [3.63, 3.8) is 0 Å². The minimum atomic E-state index is 0.0270. The Bertz CT molecular complexity index is 782. The molecule has 0 aliphatic heterocycles. The van der Waals surface area contributed by atoms with Crippen LogP contribution in [0, 0.1) is 6.92 Å². The van der Waals surface area contributed by atoms with Gasteiger partial charge in [-0.15, -0.1) is 11.3 Å². The lowest BCUT2D eigenvalue weighted by atomic mass is 10.2. The van der Waals surface area contributed by atoms with Gasteiger partial charge in [0.05, 0.1) is 11.9 Å². The maximum Gasteiger partial charge on any atom is 0.259 e. The van der Waals surface area contributed by atoms with Gasteiger partial charge in [-0.05, 0) is 24.4 Å². The van der Waals surface area contributed by atoms with Crippen LogP contribution in [0.5, 0.6) is 0 Å². The molecule has 98 valence electrons. The molecule has 0 atom stereocenters. The molecule has 0 saturated carbocycles. The number of aromatic nitrogens is 2. The second kappa shape index (κ2) is 4.66. The van der Waals surface area contributed by atoms with Gasteiger partial charge in [0.2, 0.25) is 0 Å². The van der Waals surface area contributed by atoms with Crippen molar-refractivity contribution in [1.82, 2.24) is 9.72 Å². The molecule has 0 aliphatic rings. The van der Waals surface area contributed by atoms with Crippen molar-refractivity contribution in [3.05, 3.63) is 51.1 Å². The Morgan fingerprint density at radius 1 is 1.42 bits per heavy atom. The molecule has 0 bridgehead atoms. The number of thiophene rings is 1. The smallest absolute Gasteiger partial charge is 0.259 e. The van der Waals surface area contributed by atoms with Crippen LogP contribution < -0.4 is 5.56 Å². The summed E-state index contributed by atoms with van der Waals surface area (Å²) in [5, 5.41) is 6.76. The van der Waals surface area contributed by atoms with Gasteiger partial charge in [0.25, 0.3) is 5.56 Å². The number of fused-ring (bicyclic) bond motifs is 1. The van der Waals surface area contributed by atoms with E-state index in [1.807, 2.05) is 37.6 Å². The molecule has 4 nitrogen and oxygen atoms in total. The molecule has 0 spiro atoms. The summed E-state index contributed by atoms with van der Waals surface area (Å²) in [6.45, 7) is 4.47. The molecule has 3 aromatic heterocycles. The third kappa shape index (κ3) is 2.00. The van der Waals surface area contributed by atoms with E-state index >= 15 is 0 Å². The van der Waals surface area contributed by atoms with E-state index < -0.39 is 0 Å². The zero-order valence-electron chi connectivity index (χ0n) is 10.8. The van der Waals surface area contributed by atoms with E-state index in [1.54, 1.807) is 15.9 Å². The van der Waals surface area contributed by atoms with Crippen molar-refractivity contribution in [2.75, 3.05) is 0 Å². The third-order valence-corrected chi connectivity index (χ3v) is 4.23. The molecule has 0 N–H and O–H groups in total. The summed E-state index contributed by atoms with van der Waals surface area (Å²) < 4.78 is 7.97. The number of aryl methyl sites for hydroxylation is 1. The molecule has 0 aliphatic carbocycles. The summed E-state index contributed by atoms with van der Waals surface area (Å²) in [5.74, 6) is 0.889. The van der Waals surface area contributed by atoms with Crippen molar-refractivity contribution in [2.45, 2.75) is 26.8 Å². The quantitative estimate of drug-likeness (QED) is 0.737. The highest BCUT2D eigenvalue weighted by atomic mass is 32.1. The Labute approximate surface area is 114 Å². The van der Waals surface area contributed by atoms with Gasteiger partial charge in [0.15, 0.2) is 0 Å². The van der Waals surface area contributed by atoms with Gasteiger partial charge in [0.1, 0.15) is 11.5 Å². The first kappa shape index (κ1) is 12.2. The van der Waals surface area contributed by atoms with Crippen LogP contribution in [0.2, 0.25) is 0 Å². The van der Waals surface area contributed by atoms with Gasteiger partial charge < -0.3 is 9.09 Å². The van der Waals surface area contributed by atoms with Crippen molar-refractivity contribution in [1.29, 1.82) is 0 Å². The average Bonchev–Trinajstić information content (AvgIpc) is 3.01. The fraction of sp³-hybridized carbons (Fsp3) is 0.286. The molecule has 3 aromatic rings. The van der Waals surface area contributed by atoms with E-state index in [0.717, 1.165) is 33.5 Å². The molecule has 19 heavy (non-hydrogen) atoms. The van der Waals surface area contributed by atoms with Gasteiger partial charge in [-0.2, -0.15) is 0 Å². The molecule has 0 saturated heterocycles. The van der Waals surface area contributed by atoms with Gasteiger partial charge in [-0.25, -0.2) is 0 Å². The minimum absolute atomic E-state index is 0.0270. The summed E-state index contributed by atoms with van der Waals surface area (Å²) in [4.78, 5) is 12.3. The predicted molar refractivity (Wildman–Crippen MR) is 75.8 cm³/mol. The lowest BCUT2D eigenvalue weighted by Gasteiger charge is -2.03. The van der Waals surface area contributed by atoms with Crippen LogP contribution in [0.4, 0.5) is 0 Å². The van der Waals surface area contributed by atoms with Crippen molar-refractivity contribution >= 4 is 21.4 Å². The van der Waals surface area contributed by atoms with Crippen LogP contribution in [0.25, 0.3) is 10.1 Å². The zero-order valence-corrected chi connectivity index (χ0v) is 11.7. The fourth-order valence-corrected chi connectivity index (χ4v) is 2.95. The number of rotatable bonds is 3. The van der Waals surface area contributed by atoms with Gasteiger partial charge in [-0.3, -0.25) is 4.79 Å². The largest absolute Gasteiger partial charge is 0.361 e. The van der Waals surface area contributed by atoms with Gasteiger partial charge >= 0.3 is 0 Å². The van der Waals surface area contributed by atoms with Crippen LogP contribution in [-0.4, -0.2) is 9.72 Å². The summed E-state index contributed by atoms with van der Waals surface area (Å²) >= 11 is 1.58. The highest BCUT2D eigenvalue weighted by Crippen LogP contribution is 2.18. The van der Waals surface area contributed by atoms with Crippen LogP contribution >= 0.6 is 11.3 Å². The molecule has 0 aromatic carbocycles. The molecule has 0 radical (unpaired) electrons. The van der Waals surface area contributed by atoms with Crippen molar-refractivity contribution < 1.29 is 4.52 Å². The minimum Gasteiger partial charge on any atom is -0.361 e. The van der Waals surface area contributed by atoms with E-state index in [9.17, 15) is 4.79 Å². The molecule has 0 amide bonds. The normalized spacial score (nSPS) is 11.3. The number of pyridine rings is 1. The second-order valence-electron chi connectivity index (χ2n) is 4.48. The van der Waals surface area contributed by atoms with E-state index in [2.05, 4.69) is 5.16 Å². The Balaban J connectivity index is 2.03. The maximum atomic E-state index is 12.3. The molecular weight excluding hydrogens is 260 g/mol. The molecule has 5 heteroatoms. The van der Waals surface area contributed by atoms with E-state index in [4.69, 9.17) is 4.52 Å². The predicted octanol–water partition coefficient (Wildman–Crippen LogP) is 2.97. The average molecular weight is 274 g/mol. The molecule has 3 rings (SSSR count). The third-order valence-electron chi connectivity index (χ3n) is 3.35. The number of hydrogen-bond acceptors (Lipinski definition) is 4. The molecule has 3 heterocycles. The first-order chi connectivity index (χ1) is 9.20. The summed E-state index contributed by atoms with van der Waals surface area (Å²) in [5.41, 5.74) is 1.90. The SMILES string of the molecule is CCc1onc(Cn2ccc3sccc3c2=O)c1C. The Hall–Kier alpha value is -1.88. The summed E-state index contributed by atoms with van der Waals surface area (Å²) in [6.07, 6.45) is 2.64. The Morgan fingerprint density at radius 2 is 2.26 bits per heavy atom. The first-order valence-corrected chi connectivity index (χ1v) is 7.09. The van der Waals surface area contributed by atoms with Crippen LogP contribution in [-0.2, 0) is 13.0 Å². The molecule has 0 fully saturated rings. The molecule has 0 unspecified atom stereocenters. The fourth-order valence-electron chi connectivity index (χ4n) is 2.18. The Morgan fingerprint density at radius 3 is 3.00 bits per heavy atom. The molecular formula is C14H14N2O2S. The maximum absolute atomic E-state index is 12.3. The van der Waals surface area contributed by atoms with Gasteiger partial charge in [-0.1, -0.05) is 12.1 Å². The Kier molecular flexibility index (Phi) is 2.98. The lowest BCUT2D eigenvalue weighted by molar-refractivity contribution is 0.378. The zero-order chi connectivity index (χ0) is 13.4. The summed E-state index contributed by atoms with van der Waals surface area (Å²) in [6, 6.07) is 3.84. The monoisotopic (exact) mass is 274 g/mol. The van der Waals surface area contributed by atoms with Crippen LogP contribution in [0.1, 0.15) is 23.9 Å². The van der Waals surface area contributed by atoms with Crippen LogP contribution in [0.3, 0.4) is 0 Å². The van der Waals surface area contributed by atoms with E-state index in [1.165, 1.54) is 0 Å². The van der Waals surface area contributed by atoms with Gasteiger partial charge in [0, 0.05) is 22.9 Å². The number of hydrogen-bond donors (Lipinski definition) is 0. The highest BCUT2D eigenvalue weighted by Gasteiger charge is 2.12. The van der Waals surface area contributed by atoms with Crippen LogP contribution in [0.15, 0.2) is 33.0 Å². The topological polar surface area (TPSA) is 48.0 Å². The summed E-state index contributed by atoms with van der Waals surface area (Å²) in [7, 11) is 0.